The van der Waals surface area contributed by atoms with Crippen LogP contribution in [0.3, 0.4) is 0 Å². The molecule has 0 radical (unpaired) electrons. The highest BCUT2D eigenvalue weighted by Crippen LogP contribution is 2.45. The molecule has 3 heterocycles. The lowest BCUT2D eigenvalue weighted by Crippen LogP contribution is -2.55. The van der Waals surface area contributed by atoms with Gasteiger partial charge in [0.15, 0.2) is 11.5 Å². The van der Waals surface area contributed by atoms with Gasteiger partial charge in [0.25, 0.3) is 0 Å². The first-order chi connectivity index (χ1) is 16.4. The van der Waals surface area contributed by atoms with Crippen molar-refractivity contribution in [2.24, 2.45) is 0 Å². The van der Waals surface area contributed by atoms with Crippen LogP contribution < -0.4 is 24.0 Å². The van der Waals surface area contributed by atoms with E-state index in [1.807, 2.05) is 29.2 Å². The van der Waals surface area contributed by atoms with Crippen LogP contribution in [-0.2, 0) is 4.79 Å². The third-order valence-corrected chi connectivity index (χ3v) is 6.89. The van der Waals surface area contributed by atoms with Crippen molar-refractivity contribution in [2.75, 3.05) is 62.8 Å². The Bertz CT molecular complexity index is 1100. The molecule has 1 amide bonds. The highest BCUT2D eigenvalue weighted by atomic mass is 16.6. The first-order valence-corrected chi connectivity index (χ1v) is 11.9. The molecule has 0 aliphatic carbocycles. The van der Waals surface area contributed by atoms with E-state index in [2.05, 4.69) is 48.8 Å². The monoisotopic (exact) mass is 463 g/mol. The lowest BCUT2D eigenvalue weighted by atomic mass is 9.88. The smallest absolute Gasteiger partial charge is 0.241 e. The van der Waals surface area contributed by atoms with E-state index in [1.54, 1.807) is 7.11 Å². The van der Waals surface area contributed by atoms with Crippen molar-refractivity contribution in [3.05, 3.63) is 48.0 Å². The zero-order chi connectivity index (χ0) is 23.9. The second kappa shape index (κ2) is 8.87. The quantitative estimate of drug-likeness (QED) is 0.687. The summed E-state index contributed by atoms with van der Waals surface area (Å²) in [5, 5.41) is 0. The Morgan fingerprint density at radius 1 is 1.00 bits per heavy atom. The highest BCUT2D eigenvalue weighted by Gasteiger charge is 2.37. The van der Waals surface area contributed by atoms with Gasteiger partial charge in [-0.2, -0.15) is 0 Å². The Morgan fingerprint density at radius 2 is 1.65 bits per heavy atom. The van der Waals surface area contributed by atoms with Crippen molar-refractivity contribution in [3.8, 4) is 17.2 Å². The Kier molecular flexibility index (Phi) is 5.90. The number of hydrogen-bond acceptors (Lipinski definition) is 6. The molecule has 3 aliphatic heterocycles. The summed E-state index contributed by atoms with van der Waals surface area (Å²) in [4.78, 5) is 20.2. The van der Waals surface area contributed by atoms with Crippen LogP contribution >= 0.6 is 0 Å². The van der Waals surface area contributed by atoms with Crippen molar-refractivity contribution < 1.29 is 19.0 Å². The molecule has 1 fully saturated rings. The summed E-state index contributed by atoms with van der Waals surface area (Å²) in [7, 11) is 1.68. The molecule has 1 saturated heterocycles. The molecule has 5 rings (SSSR count). The summed E-state index contributed by atoms with van der Waals surface area (Å²) < 4.78 is 16.9. The Balaban J connectivity index is 1.31. The van der Waals surface area contributed by atoms with Gasteiger partial charge in [0.05, 0.1) is 24.9 Å². The van der Waals surface area contributed by atoms with Gasteiger partial charge in [0.1, 0.15) is 19.0 Å². The number of hydrogen-bond donors (Lipinski definition) is 0. The van der Waals surface area contributed by atoms with Crippen LogP contribution in [-0.4, -0.2) is 69.4 Å². The molecule has 34 heavy (non-hydrogen) atoms. The summed E-state index contributed by atoms with van der Waals surface area (Å²) in [6.45, 7) is 11.2. The molecular weight excluding hydrogens is 430 g/mol. The minimum atomic E-state index is -0.428. The number of piperazine rings is 1. The second-order valence-corrected chi connectivity index (χ2v) is 9.68. The second-order valence-electron chi connectivity index (χ2n) is 9.68. The average Bonchev–Trinajstić information content (AvgIpc) is 2.83. The van der Waals surface area contributed by atoms with Crippen molar-refractivity contribution in [2.45, 2.75) is 26.3 Å². The predicted molar refractivity (Wildman–Crippen MR) is 134 cm³/mol. The molecule has 2 aromatic carbocycles. The maximum atomic E-state index is 13.7. The van der Waals surface area contributed by atoms with E-state index < -0.39 is 5.54 Å². The first-order valence-electron chi connectivity index (χ1n) is 11.9. The van der Waals surface area contributed by atoms with E-state index in [1.165, 1.54) is 5.69 Å². The topological polar surface area (TPSA) is 54.5 Å². The van der Waals surface area contributed by atoms with E-state index in [-0.39, 0.29) is 5.91 Å². The molecule has 7 heteroatoms. The molecule has 0 unspecified atom stereocenters. The molecule has 7 nitrogen and oxygen atoms in total. The number of nitrogens with zero attached hydrogens (tertiary/aromatic N) is 3. The molecule has 3 aliphatic rings. The minimum Gasteiger partial charge on any atom is -0.497 e. The van der Waals surface area contributed by atoms with Crippen LogP contribution in [0.15, 0.2) is 42.5 Å². The molecule has 0 saturated carbocycles. The molecule has 0 aromatic heterocycles. The van der Waals surface area contributed by atoms with Gasteiger partial charge in [-0.15, -0.1) is 0 Å². The van der Waals surface area contributed by atoms with Gasteiger partial charge in [-0.3, -0.25) is 9.69 Å². The van der Waals surface area contributed by atoms with Crippen LogP contribution in [0.25, 0.3) is 5.57 Å². The number of amides is 1. The largest absolute Gasteiger partial charge is 0.497 e. The van der Waals surface area contributed by atoms with E-state index in [0.717, 1.165) is 54.5 Å². The maximum Gasteiger partial charge on any atom is 0.241 e. The highest BCUT2D eigenvalue weighted by molar-refractivity contribution is 6.02. The number of carbonyl (C=O) groups excluding carboxylic acids is 1. The van der Waals surface area contributed by atoms with E-state index in [0.29, 0.717) is 25.5 Å². The Morgan fingerprint density at radius 3 is 2.29 bits per heavy atom. The number of methoxy groups -OCH3 is 1. The van der Waals surface area contributed by atoms with E-state index in [9.17, 15) is 4.79 Å². The number of rotatable bonds is 4. The van der Waals surface area contributed by atoms with Gasteiger partial charge in [0, 0.05) is 43.5 Å². The summed E-state index contributed by atoms with van der Waals surface area (Å²) in [5.74, 6) is 2.42. The third-order valence-electron chi connectivity index (χ3n) is 6.89. The van der Waals surface area contributed by atoms with Crippen LogP contribution in [0.4, 0.5) is 11.4 Å². The lowest BCUT2D eigenvalue weighted by Gasteiger charge is -2.43. The third kappa shape index (κ3) is 4.20. The van der Waals surface area contributed by atoms with E-state index >= 15 is 0 Å². The number of benzene rings is 2. The number of ether oxygens (including phenoxy) is 3. The molecule has 0 bridgehead atoms. The van der Waals surface area contributed by atoms with Crippen LogP contribution in [0.1, 0.15) is 26.3 Å². The zero-order valence-corrected chi connectivity index (χ0v) is 20.5. The van der Waals surface area contributed by atoms with Crippen molar-refractivity contribution >= 4 is 22.9 Å². The fraction of sp³-hybridized carbons (Fsp3) is 0.444. The number of fused-ring (bicyclic) bond motifs is 2. The van der Waals surface area contributed by atoms with Gasteiger partial charge in [-0.05, 0) is 56.7 Å². The zero-order valence-electron chi connectivity index (χ0n) is 20.5. The van der Waals surface area contributed by atoms with Crippen LogP contribution in [0.5, 0.6) is 17.2 Å². The summed E-state index contributed by atoms with van der Waals surface area (Å²) in [6, 6.07) is 12.1. The average molecular weight is 464 g/mol. The molecule has 2 aromatic rings. The van der Waals surface area contributed by atoms with Gasteiger partial charge >= 0.3 is 0 Å². The molecule has 0 N–H and O–H groups in total. The van der Waals surface area contributed by atoms with E-state index in [4.69, 9.17) is 14.2 Å². The SMILES string of the molecule is COc1ccc(N2CCN(CC(=O)N3c4cc5c(cc4C(C)=CC3(C)C)OCCO5)CC2)cc1. The normalized spacial score (nSPS) is 19.4. The number of carbonyl (C=O) groups is 1. The minimum absolute atomic E-state index is 0.101. The molecular formula is C27H33N3O4. The van der Waals surface area contributed by atoms with Crippen molar-refractivity contribution in [1.82, 2.24) is 4.90 Å². The number of anilines is 2. The van der Waals surface area contributed by atoms with Gasteiger partial charge < -0.3 is 24.0 Å². The fourth-order valence-electron chi connectivity index (χ4n) is 5.24. The fourth-order valence-corrected chi connectivity index (χ4v) is 5.24. The summed E-state index contributed by atoms with van der Waals surface area (Å²) in [5.41, 5.74) is 3.83. The number of allylic oxidation sites excluding steroid dienone is 1. The van der Waals surface area contributed by atoms with Gasteiger partial charge in [-0.25, -0.2) is 0 Å². The lowest BCUT2D eigenvalue weighted by molar-refractivity contribution is -0.120. The van der Waals surface area contributed by atoms with Crippen LogP contribution in [0.2, 0.25) is 0 Å². The summed E-state index contributed by atoms with van der Waals surface area (Å²) in [6.07, 6.45) is 2.17. The molecule has 0 atom stereocenters. The first kappa shape index (κ1) is 22.6. The van der Waals surface area contributed by atoms with Crippen molar-refractivity contribution in [3.63, 3.8) is 0 Å². The maximum absolute atomic E-state index is 13.7. The predicted octanol–water partition coefficient (Wildman–Crippen LogP) is 3.82. The molecule has 0 spiro atoms. The van der Waals surface area contributed by atoms with Crippen LogP contribution in [0, 0.1) is 0 Å². The summed E-state index contributed by atoms with van der Waals surface area (Å²) >= 11 is 0. The van der Waals surface area contributed by atoms with Gasteiger partial charge in [-0.1, -0.05) is 6.08 Å². The Labute approximate surface area is 201 Å². The van der Waals surface area contributed by atoms with Gasteiger partial charge in [0.2, 0.25) is 5.91 Å². The Hall–Kier alpha value is -3.19. The van der Waals surface area contributed by atoms with Crippen molar-refractivity contribution in [1.29, 1.82) is 0 Å². The standard InChI is InChI=1S/C27H33N3O4/c1-19-17-27(2,3)30(23-16-25-24(15-22(19)23)33-13-14-34-25)26(31)18-28-9-11-29(12-10-28)20-5-7-21(32-4)8-6-20/h5-8,15-17H,9-14,18H2,1-4H3. The molecule has 180 valence electrons.